The van der Waals surface area contributed by atoms with Crippen LogP contribution in [0, 0.1) is 5.41 Å². The van der Waals surface area contributed by atoms with Crippen LogP contribution in [0.4, 0.5) is 0 Å². The topological polar surface area (TPSA) is 87.9 Å². The quantitative estimate of drug-likeness (QED) is 0.749. The van der Waals surface area contributed by atoms with Gasteiger partial charge in [0.1, 0.15) is 0 Å². The van der Waals surface area contributed by atoms with E-state index in [-0.39, 0.29) is 35.4 Å². The molecule has 0 radical (unpaired) electrons. The highest BCUT2D eigenvalue weighted by Gasteiger charge is 2.58. The highest BCUT2D eigenvalue weighted by Crippen LogP contribution is 2.55. The molecule has 34 heavy (non-hydrogen) atoms. The van der Waals surface area contributed by atoms with Crippen LogP contribution in [0.5, 0.6) is 0 Å². The van der Waals surface area contributed by atoms with E-state index >= 15 is 0 Å². The van der Waals surface area contributed by atoms with Crippen LogP contribution in [-0.2, 0) is 21.6 Å². The summed E-state index contributed by atoms with van der Waals surface area (Å²) in [7, 11) is 0. The van der Waals surface area contributed by atoms with Crippen molar-refractivity contribution in [2.75, 3.05) is 26.3 Å². The van der Waals surface area contributed by atoms with E-state index in [0.717, 1.165) is 24.0 Å². The van der Waals surface area contributed by atoms with Gasteiger partial charge in [-0.2, -0.15) is 5.10 Å². The summed E-state index contributed by atoms with van der Waals surface area (Å²) in [6.07, 6.45) is 5.60. The minimum Gasteiger partial charge on any atom is -0.381 e. The predicted octanol–water partition coefficient (Wildman–Crippen LogP) is 2.73. The van der Waals surface area contributed by atoms with Crippen molar-refractivity contribution in [2.24, 2.45) is 5.41 Å². The van der Waals surface area contributed by atoms with Gasteiger partial charge in [0.25, 0.3) is 11.8 Å². The van der Waals surface area contributed by atoms with Crippen molar-refractivity contribution in [3.05, 3.63) is 53.3 Å². The summed E-state index contributed by atoms with van der Waals surface area (Å²) in [4.78, 5) is 29.9. The number of aromatic nitrogens is 2. The first kappa shape index (κ1) is 23.1. The minimum atomic E-state index is -1.69. The summed E-state index contributed by atoms with van der Waals surface area (Å²) in [5.41, 5.74) is 0.614. The molecule has 182 valence electrons. The summed E-state index contributed by atoms with van der Waals surface area (Å²) < 4.78 is 7.55. The van der Waals surface area contributed by atoms with Gasteiger partial charge in [0, 0.05) is 49.0 Å². The highest BCUT2D eigenvalue weighted by atomic mass is 16.5. The second-order valence-electron chi connectivity index (χ2n) is 11.3. The molecule has 8 nitrogen and oxygen atoms in total. The summed E-state index contributed by atoms with van der Waals surface area (Å²) >= 11 is 0. The molecule has 2 atom stereocenters. The molecule has 2 aromatic rings. The average Bonchev–Trinajstić information content (AvgIpc) is 3.37. The van der Waals surface area contributed by atoms with Crippen molar-refractivity contribution in [2.45, 2.75) is 64.3 Å². The molecule has 1 aromatic heterocycles. The SMILES string of the molecule is CC(O)(CN1Cc2ccccc2C1=O)C(=O)N1CC2(CCOCC2)C1c1cnn(C(C)(C)C)c1. The van der Waals surface area contributed by atoms with Crippen LogP contribution in [0.15, 0.2) is 36.7 Å². The molecule has 2 unspecified atom stereocenters. The van der Waals surface area contributed by atoms with Crippen molar-refractivity contribution in [1.82, 2.24) is 19.6 Å². The molecule has 8 heteroatoms. The Morgan fingerprint density at radius 1 is 1.21 bits per heavy atom. The zero-order chi connectivity index (χ0) is 24.3. The Labute approximate surface area is 200 Å². The van der Waals surface area contributed by atoms with E-state index in [9.17, 15) is 14.7 Å². The van der Waals surface area contributed by atoms with Crippen molar-refractivity contribution in [1.29, 1.82) is 0 Å². The maximum Gasteiger partial charge on any atom is 0.256 e. The number of aliphatic hydroxyl groups is 1. The number of β-amino-alcohol motifs (C(OH)–C–C–N with tert-alkyl or cyclic N) is 1. The van der Waals surface area contributed by atoms with Gasteiger partial charge in [0.2, 0.25) is 0 Å². The Bertz CT molecular complexity index is 1110. The monoisotopic (exact) mass is 466 g/mol. The number of ether oxygens (including phenoxy) is 1. The second-order valence-corrected chi connectivity index (χ2v) is 11.3. The number of carbonyl (C=O) groups excluding carboxylic acids is 2. The molecular formula is C26H34N4O4. The average molecular weight is 467 g/mol. The fourth-order valence-corrected chi connectivity index (χ4v) is 5.70. The fraction of sp³-hybridized carbons (Fsp3) is 0.577. The Balaban J connectivity index is 1.38. The van der Waals surface area contributed by atoms with Crippen LogP contribution in [0.2, 0.25) is 0 Å². The lowest BCUT2D eigenvalue weighted by Crippen LogP contribution is -2.66. The van der Waals surface area contributed by atoms with Gasteiger partial charge in [-0.15, -0.1) is 0 Å². The molecule has 4 heterocycles. The van der Waals surface area contributed by atoms with Crippen molar-refractivity contribution >= 4 is 11.8 Å². The number of amides is 2. The lowest BCUT2D eigenvalue weighted by molar-refractivity contribution is -0.186. The molecule has 0 aliphatic carbocycles. The third-order valence-corrected chi connectivity index (χ3v) is 7.59. The van der Waals surface area contributed by atoms with Crippen LogP contribution in [0.25, 0.3) is 0 Å². The molecule has 0 bridgehead atoms. The molecule has 0 saturated carbocycles. The number of hydrogen-bond donors (Lipinski definition) is 1. The van der Waals surface area contributed by atoms with Crippen LogP contribution in [-0.4, -0.2) is 68.4 Å². The molecule has 3 aliphatic heterocycles. The zero-order valence-electron chi connectivity index (χ0n) is 20.5. The zero-order valence-corrected chi connectivity index (χ0v) is 20.5. The molecule has 5 rings (SSSR count). The largest absolute Gasteiger partial charge is 0.381 e. The van der Waals surface area contributed by atoms with E-state index in [1.165, 1.54) is 6.92 Å². The van der Waals surface area contributed by atoms with Gasteiger partial charge in [0.05, 0.1) is 24.3 Å². The van der Waals surface area contributed by atoms with E-state index in [1.807, 2.05) is 35.3 Å². The van der Waals surface area contributed by atoms with Gasteiger partial charge in [-0.1, -0.05) is 18.2 Å². The summed E-state index contributed by atoms with van der Waals surface area (Å²) in [6.45, 7) is 10.1. The Morgan fingerprint density at radius 2 is 1.91 bits per heavy atom. The van der Waals surface area contributed by atoms with Crippen molar-refractivity contribution in [3.8, 4) is 0 Å². The number of fused-ring (bicyclic) bond motifs is 1. The van der Waals surface area contributed by atoms with Gasteiger partial charge in [-0.25, -0.2) is 0 Å². The first-order chi connectivity index (χ1) is 16.0. The van der Waals surface area contributed by atoms with Gasteiger partial charge in [0.15, 0.2) is 5.60 Å². The van der Waals surface area contributed by atoms with Gasteiger partial charge in [-0.3, -0.25) is 14.3 Å². The Morgan fingerprint density at radius 3 is 2.56 bits per heavy atom. The fourth-order valence-electron chi connectivity index (χ4n) is 5.70. The predicted molar refractivity (Wildman–Crippen MR) is 126 cm³/mol. The first-order valence-electron chi connectivity index (χ1n) is 12.1. The van der Waals surface area contributed by atoms with Crippen molar-refractivity contribution in [3.63, 3.8) is 0 Å². The number of likely N-dealkylation sites (tertiary alicyclic amines) is 1. The molecule has 1 spiro atoms. The second kappa shape index (κ2) is 7.92. The van der Waals surface area contributed by atoms with E-state index in [1.54, 1.807) is 15.9 Å². The normalized spacial score (nSPS) is 23.6. The van der Waals surface area contributed by atoms with E-state index < -0.39 is 5.60 Å². The first-order valence-corrected chi connectivity index (χ1v) is 12.1. The van der Waals surface area contributed by atoms with Gasteiger partial charge < -0.3 is 19.6 Å². The lowest BCUT2D eigenvalue weighted by atomic mass is 9.64. The smallest absolute Gasteiger partial charge is 0.256 e. The van der Waals surface area contributed by atoms with E-state index in [2.05, 4.69) is 25.9 Å². The molecule has 2 amide bonds. The number of rotatable bonds is 4. The summed E-state index contributed by atoms with van der Waals surface area (Å²) in [5.74, 6) is -0.488. The summed E-state index contributed by atoms with van der Waals surface area (Å²) in [5, 5.41) is 15.9. The van der Waals surface area contributed by atoms with Gasteiger partial charge >= 0.3 is 0 Å². The number of nitrogens with zero attached hydrogens (tertiary/aromatic N) is 4. The highest BCUT2D eigenvalue weighted by molar-refractivity contribution is 5.99. The Kier molecular flexibility index (Phi) is 5.37. The standard InChI is InChI=1S/C26H34N4O4/c1-24(2,3)30-15-19(13-27-30)21-26(9-11-34-12-10-26)17-29(21)23(32)25(4,33)16-28-14-18-7-5-6-8-20(18)22(28)31/h5-8,13,15,21,33H,9-12,14,16-17H2,1-4H3. The molecule has 1 aromatic carbocycles. The van der Waals surface area contributed by atoms with Crippen molar-refractivity contribution < 1.29 is 19.4 Å². The molecule has 2 fully saturated rings. The van der Waals surface area contributed by atoms with Crippen LogP contribution < -0.4 is 0 Å². The van der Waals surface area contributed by atoms with Crippen LogP contribution in [0.3, 0.4) is 0 Å². The minimum absolute atomic E-state index is 0.0417. The van der Waals surface area contributed by atoms with Gasteiger partial charge in [-0.05, 0) is 52.2 Å². The number of hydrogen-bond acceptors (Lipinski definition) is 5. The van der Waals surface area contributed by atoms with E-state index in [0.29, 0.717) is 31.9 Å². The number of benzene rings is 1. The molecule has 3 aliphatic rings. The lowest BCUT2D eigenvalue weighted by Gasteiger charge is -2.60. The summed E-state index contributed by atoms with van der Waals surface area (Å²) in [6, 6.07) is 7.27. The Hall–Kier alpha value is -2.71. The third-order valence-electron chi connectivity index (χ3n) is 7.59. The maximum atomic E-state index is 13.7. The maximum absolute atomic E-state index is 13.7. The number of carbonyl (C=O) groups is 2. The van der Waals surface area contributed by atoms with Crippen LogP contribution >= 0.6 is 0 Å². The van der Waals surface area contributed by atoms with E-state index in [4.69, 9.17) is 4.74 Å². The van der Waals surface area contributed by atoms with Crippen LogP contribution in [0.1, 0.15) is 68.1 Å². The molecular weight excluding hydrogens is 432 g/mol. The molecule has 2 saturated heterocycles. The molecule has 1 N–H and O–H groups in total. The third kappa shape index (κ3) is 3.73.